The summed E-state index contributed by atoms with van der Waals surface area (Å²) in [5.41, 5.74) is 3.02. The van der Waals surface area contributed by atoms with Gasteiger partial charge >= 0.3 is 0 Å². The third-order valence-corrected chi connectivity index (χ3v) is 4.17. The van der Waals surface area contributed by atoms with Gasteiger partial charge in [-0.2, -0.15) is 0 Å². The van der Waals surface area contributed by atoms with E-state index in [1.165, 1.54) is 50.2 Å². The average Bonchev–Trinajstić information content (AvgIpc) is 2.74. The van der Waals surface area contributed by atoms with E-state index in [1.54, 1.807) is 5.69 Å². The fourth-order valence-corrected chi connectivity index (χ4v) is 3.18. The molecule has 2 unspecified atom stereocenters. The number of hydrogen-bond acceptors (Lipinski definition) is 1. The molecule has 0 fully saturated rings. The van der Waals surface area contributed by atoms with E-state index in [2.05, 4.69) is 18.4 Å². The van der Waals surface area contributed by atoms with Crippen molar-refractivity contribution in [2.24, 2.45) is 5.92 Å². The molecule has 2 nitrogen and oxygen atoms in total. The van der Waals surface area contributed by atoms with E-state index in [0.29, 0.717) is 0 Å². The first-order chi connectivity index (χ1) is 7.29. The lowest BCUT2D eigenvalue weighted by molar-refractivity contribution is 0.401. The van der Waals surface area contributed by atoms with Gasteiger partial charge in [0.05, 0.1) is 5.69 Å². The number of aromatic nitrogens is 2. The van der Waals surface area contributed by atoms with Crippen molar-refractivity contribution in [2.45, 2.75) is 58.4 Å². The van der Waals surface area contributed by atoms with Crippen LogP contribution in [0.4, 0.5) is 0 Å². The highest BCUT2D eigenvalue weighted by Gasteiger charge is 2.30. The van der Waals surface area contributed by atoms with Crippen molar-refractivity contribution >= 4 is 0 Å². The van der Waals surface area contributed by atoms with E-state index in [0.717, 1.165) is 11.8 Å². The van der Waals surface area contributed by atoms with Crippen molar-refractivity contribution < 1.29 is 0 Å². The molecule has 0 radical (unpaired) electrons. The van der Waals surface area contributed by atoms with Crippen LogP contribution in [0.1, 0.15) is 56.2 Å². The smallest absolute Gasteiger partial charge is 0.109 e. The molecule has 1 aliphatic carbocycles. The molecule has 1 aliphatic heterocycles. The monoisotopic (exact) mass is 204 g/mol. The minimum absolute atomic E-state index is 0.758. The zero-order valence-electron chi connectivity index (χ0n) is 9.79. The first-order valence-corrected chi connectivity index (χ1v) is 6.37. The Morgan fingerprint density at radius 3 is 3.07 bits per heavy atom. The van der Waals surface area contributed by atoms with Crippen LogP contribution in [-0.4, -0.2) is 9.55 Å². The normalized spacial score (nSPS) is 28.9. The Kier molecular flexibility index (Phi) is 2.11. The summed E-state index contributed by atoms with van der Waals surface area (Å²) in [6.45, 7) is 5.86. The second-order valence-corrected chi connectivity index (χ2v) is 5.25. The molecule has 0 spiro atoms. The summed E-state index contributed by atoms with van der Waals surface area (Å²) in [4.78, 5) is 4.90. The molecule has 0 aromatic carbocycles. The van der Waals surface area contributed by atoms with Crippen LogP contribution >= 0.6 is 0 Å². The molecular weight excluding hydrogens is 184 g/mol. The van der Waals surface area contributed by atoms with Gasteiger partial charge in [0.1, 0.15) is 5.82 Å². The molecule has 0 saturated heterocycles. The van der Waals surface area contributed by atoms with Gasteiger partial charge in [-0.25, -0.2) is 4.98 Å². The number of nitrogens with zero attached hydrogens (tertiary/aromatic N) is 2. The summed E-state index contributed by atoms with van der Waals surface area (Å²) < 4.78 is 2.52. The van der Waals surface area contributed by atoms with Crippen molar-refractivity contribution in [1.29, 1.82) is 0 Å². The minimum Gasteiger partial charge on any atom is -0.332 e. The van der Waals surface area contributed by atoms with Gasteiger partial charge in [-0.3, -0.25) is 0 Å². The predicted molar refractivity (Wildman–Crippen MR) is 61.1 cm³/mol. The lowest BCUT2D eigenvalue weighted by Crippen LogP contribution is -2.18. The van der Waals surface area contributed by atoms with Crippen LogP contribution < -0.4 is 0 Å². The van der Waals surface area contributed by atoms with Gasteiger partial charge in [0.2, 0.25) is 0 Å². The summed E-state index contributed by atoms with van der Waals surface area (Å²) >= 11 is 0. The highest BCUT2D eigenvalue weighted by Crippen LogP contribution is 2.37. The minimum atomic E-state index is 0.758. The Bertz CT molecular complexity index is 378. The van der Waals surface area contributed by atoms with E-state index >= 15 is 0 Å². The van der Waals surface area contributed by atoms with Gasteiger partial charge < -0.3 is 4.57 Å². The third-order valence-electron chi connectivity index (χ3n) is 4.17. The van der Waals surface area contributed by atoms with Crippen LogP contribution in [0.5, 0.6) is 0 Å². The zero-order valence-corrected chi connectivity index (χ0v) is 9.79. The van der Waals surface area contributed by atoms with Gasteiger partial charge in [0.25, 0.3) is 0 Å². The second-order valence-electron chi connectivity index (χ2n) is 5.25. The summed E-state index contributed by atoms with van der Waals surface area (Å²) in [6, 6.07) is 0. The Labute approximate surface area is 91.7 Å². The van der Waals surface area contributed by atoms with Crippen LogP contribution in [0, 0.1) is 5.92 Å². The Hall–Kier alpha value is -0.790. The maximum absolute atomic E-state index is 4.90. The van der Waals surface area contributed by atoms with E-state index in [1.807, 2.05) is 0 Å². The second kappa shape index (κ2) is 3.36. The maximum atomic E-state index is 4.90. The Morgan fingerprint density at radius 1 is 1.40 bits per heavy atom. The van der Waals surface area contributed by atoms with Gasteiger partial charge in [-0.15, -0.1) is 0 Å². The fourth-order valence-electron chi connectivity index (χ4n) is 3.18. The van der Waals surface area contributed by atoms with Gasteiger partial charge in [0.15, 0.2) is 0 Å². The van der Waals surface area contributed by atoms with Gasteiger partial charge in [0, 0.05) is 24.6 Å². The molecule has 2 atom stereocenters. The molecule has 0 saturated carbocycles. The first-order valence-electron chi connectivity index (χ1n) is 6.37. The largest absolute Gasteiger partial charge is 0.332 e. The van der Waals surface area contributed by atoms with Crippen LogP contribution in [-0.2, 0) is 19.4 Å². The van der Waals surface area contributed by atoms with E-state index in [-0.39, 0.29) is 0 Å². The van der Waals surface area contributed by atoms with Crippen molar-refractivity contribution in [3.05, 3.63) is 17.2 Å². The van der Waals surface area contributed by atoms with Crippen LogP contribution in [0.2, 0.25) is 0 Å². The third kappa shape index (κ3) is 1.34. The zero-order chi connectivity index (χ0) is 10.4. The van der Waals surface area contributed by atoms with Crippen molar-refractivity contribution in [3.63, 3.8) is 0 Å². The number of fused-ring (bicyclic) bond motifs is 3. The summed E-state index contributed by atoms with van der Waals surface area (Å²) in [7, 11) is 0. The lowest BCUT2D eigenvalue weighted by atomic mass is 10.0. The molecule has 3 rings (SSSR count). The number of hydrogen-bond donors (Lipinski definition) is 0. The molecule has 0 amide bonds. The quantitative estimate of drug-likeness (QED) is 0.687. The predicted octanol–water partition coefficient (Wildman–Crippen LogP) is 2.91. The van der Waals surface area contributed by atoms with E-state index in [9.17, 15) is 0 Å². The molecular formula is C13H20N2. The highest BCUT2D eigenvalue weighted by atomic mass is 15.1. The van der Waals surface area contributed by atoms with Crippen molar-refractivity contribution in [3.8, 4) is 0 Å². The molecule has 82 valence electrons. The van der Waals surface area contributed by atoms with E-state index in [4.69, 9.17) is 4.98 Å². The molecule has 0 N–H and O–H groups in total. The highest BCUT2D eigenvalue weighted by molar-refractivity contribution is 5.27. The Balaban J connectivity index is 2.01. The molecule has 0 bridgehead atoms. The summed E-state index contributed by atoms with van der Waals surface area (Å²) in [5, 5.41) is 0. The van der Waals surface area contributed by atoms with Crippen molar-refractivity contribution in [1.82, 2.24) is 9.55 Å². The first kappa shape index (κ1) is 9.44. The number of rotatable bonds is 1. The van der Waals surface area contributed by atoms with Gasteiger partial charge in [-0.05, 0) is 31.6 Å². The van der Waals surface area contributed by atoms with Crippen LogP contribution in [0.15, 0.2) is 0 Å². The van der Waals surface area contributed by atoms with Crippen molar-refractivity contribution in [2.75, 3.05) is 0 Å². The maximum Gasteiger partial charge on any atom is 0.109 e. The molecule has 2 heterocycles. The fraction of sp³-hybridized carbons (Fsp3) is 0.769. The summed E-state index contributed by atoms with van der Waals surface area (Å²) in [5.74, 6) is 2.96. The molecule has 15 heavy (non-hydrogen) atoms. The van der Waals surface area contributed by atoms with Crippen LogP contribution in [0.25, 0.3) is 0 Å². The van der Waals surface area contributed by atoms with Crippen LogP contribution in [0.3, 0.4) is 0 Å². The van der Waals surface area contributed by atoms with E-state index < -0.39 is 0 Å². The topological polar surface area (TPSA) is 17.8 Å². The SMILES string of the molecule is CCC1CCc2c1nc1n2CCC(C)C1. The lowest BCUT2D eigenvalue weighted by Gasteiger charge is -2.21. The average molecular weight is 204 g/mol. The molecule has 1 aromatic rings. The van der Waals surface area contributed by atoms with Gasteiger partial charge in [-0.1, -0.05) is 13.8 Å². The summed E-state index contributed by atoms with van der Waals surface area (Å²) in [6.07, 6.45) is 6.41. The molecule has 2 heteroatoms. The number of imidazole rings is 1. The molecule has 2 aliphatic rings. The standard InChI is InChI=1S/C13H20N2/c1-3-10-4-5-11-13(10)14-12-8-9(2)6-7-15(11)12/h9-10H,3-8H2,1-2H3. The molecule has 1 aromatic heterocycles. The Morgan fingerprint density at radius 2 is 2.27 bits per heavy atom.